The lowest BCUT2D eigenvalue weighted by Gasteiger charge is -2.36. The minimum Gasteiger partial charge on any atom is -0.490 e. The van der Waals surface area contributed by atoms with Gasteiger partial charge in [-0.25, -0.2) is 0 Å². The van der Waals surface area contributed by atoms with Crippen molar-refractivity contribution < 1.29 is 9.47 Å². The molecule has 1 saturated heterocycles. The predicted octanol–water partition coefficient (Wildman–Crippen LogP) is 4.74. The number of benzene rings is 2. The lowest BCUT2D eigenvalue weighted by atomic mass is 10.1. The molecule has 6 heteroatoms. The van der Waals surface area contributed by atoms with Crippen molar-refractivity contribution in [2.45, 2.75) is 20.4 Å². The number of piperazine rings is 1. The van der Waals surface area contributed by atoms with Crippen LogP contribution in [0.3, 0.4) is 0 Å². The van der Waals surface area contributed by atoms with Crippen LogP contribution in [0.2, 0.25) is 0 Å². The molecule has 1 fully saturated rings. The van der Waals surface area contributed by atoms with Gasteiger partial charge in [-0.2, -0.15) is 0 Å². The van der Waals surface area contributed by atoms with Crippen molar-refractivity contribution in [3.8, 4) is 11.5 Å². The van der Waals surface area contributed by atoms with Crippen molar-refractivity contribution in [3.63, 3.8) is 0 Å². The zero-order chi connectivity index (χ0) is 19.9. The molecule has 0 spiro atoms. The van der Waals surface area contributed by atoms with Gasteiger partial charge in [0, 0.05) is 38.3 Å². The minimum absolute atomic E-state index is 0.584. The summed E-state index contributed by atoms with van der Waals surface area (Å²) in [6.45, 7) is 9.98. The van der Waals surface area contributed by atoms with E-state index in [1.807, 2.05) is 26.0 Å². The first-order chi connectivity index (χ1) is 13.6. The summed E-state index contributed by atoms with van der Waals surface area (Å²) in [5, 5.41) is 0. The molecule has 0 saturated carbocycles. The number of thiocarbonyl (C=S) groups is 1. The third kappa shape index (κ3) is 5.25. The second-order valence-electron chi connectivity index (χ2n) is 6.71. The van der Waals surface area contributed by atoms with Gasteiger partial charge in [0.05, 0.1) is 17.7 Å². The van der Waals surface area contributed by atoms with E-state index in [0.717, 1.165) is 59.2 Å². The number of ether oxygens (including phenoxy) is 2. The van der Waals surface area contributed by atoms with Crippen LogP contribution in [0.1, 0.15) is 25.0 Å². The summed E-state index contributed by atoms with van der Waals surface area (Å²) in [6.07, 6.45) is 0. The second kappa shape index (κ2) is 10.2. The Balaban J connectivity index is 1.66. The topological polar surface area (TPSA) is 24.9 Å². The Labute approximate surface area is 181 Å². The molecule has 0 atom stereocenters. The molecule has 0 aromatic heterocycles. The number of rotatable bonds is 7. The van der Waals surface area contributed by atoms with Gasteiger partial charge in [0.15, 0.2) is 11.5 Å². The summed E-state index contributed by atoms with van der Waals surface area (Å²) in [7, 11) is 0. The molecule has 150 valence electrons. The van der Waals surface area contributed by atoms with Gasteiger partial charge in [0.2, 0.25) is 0 Å². The average Bonchev–Trinajstić information content (AvgIpc) is 2.71. The maximum absolute atomic E-state index is 5.81. The molecule has 1 aliphatic heterocycles. The summed E-state index contributed by atoms with van der Waals surface area (Å²) >= 11 is 9.43. The summed E-state index contributed by atoms with van der Waals surface area (Å²) in [6, 6.07) is 14.7. The lowest BCUT2D eigenvalue weighted by Crippen LogP contribution is -2.48. The number of halogens is 1. The van der Waals surface area contributed by atoms with Crippen LogP contribution in [-0.2, 0) is 6.54 Å². The van der Waals surface area contributed by atoms with Crippen LogP contribution in [0.25, 0.3) is 0 Å². The van der Waals surface area contributed by atoms with Crippen molar-refractivity contribution in [2.75, 3.05) is 39.4 Å². The monoisotopic (exact) mass is 462 g/mol. The summed E-state index contributed by atoms with van der Waals surface area (Å²) in [5.74, 6) is 1.47. The highest BCUT2D eigenvalue weighted by atomic mass is 79.9. The fourth-order valence-electron chi connectivity index (χ4n) is 3.37. The van der Waals surface area contributed by atoms with Crippen LogP contribution in [0.15, 0.2) is 46.9 Å². The van der Waals surface area contributed by atoms with Gasteiger partial charge in [-0.05, 0) is 47.5 Å². The molecular formula is C22H27BrN2O2S. The number of nitrogens with zero attached hydrogens (tertiary/aromatic N) is 2. The van der Waals surface area contributed by atoms with E-state index in [2.05, 4.69) is 56.1 Å². The maximum Gasteiger partial charge on any atom is 0.175 e. The van der Waals surface area contributed by atoms with Gasteiger partial charge in [-0.1, -0.05) is 42.5 Å². The van der Waals surface area contributed by atoms with Gasteiger partial charge in [-0.15, -0.1) is 0 Å². The Hall–Kier alpha value is -1.63. The number of hydrogen-bond acceptors (Lipinski definition) is 4. The van der Waals surface area contributed by atoms with Crippen LogP contribution in [0.5, 0.6) is 11.5 Å². The van der Waals surface area contributed by atoms with E-state index >= 15 is 0 Å². The zero-order valence-electron chi connectivity index (χ0n) is 16.5. The standard InChI is InChI=1S/C22H27BrN2O2S/c1-3-26-20-15-18(14-19(23)21(20)27-4-2)22(28)25-12-10-24(11-13-25)16-17-8-6-5-7-9-17/h5-9,14-15H,3-4,10-13,16H2,1-2H3. The van der Waals surface area contributed by atoms with Crippen molar-refractivity contribution in [1.29, 1.82) is 0 Å². The lowest BCUT2D eigenvalue weighted by molar-refractivity contribution is 0.177. The van der Waals surface area contributed by atoms with Crippen LogP contribution in [0, 0.1) is 0 Å². The smallest absolute Gasteiger partial charge is 0.175 e. The Morgan fingerprint density at radius 3 is 2.32 bits per heavy atom. The van der Waals surface area contributed by atoms with Gasteiger partial charge in [-0.3, -0.25) is 4.90 Å². The average molecular weight is 463 g/mol. The Bertz CT molecular complexity index is 793. The number of hydrogen-bond donors (Lipinski definition) is 0. The Morgan fingerprint density at radius 2 is 1.68 bits per heavy atom. The molecule has 3 rings (SSSR count). The van der Waals surface area contributed by atoms with E-state index in [1.165, 1.54) is 5.56 Å². The first-order valence-corrected chi connectivity index (χ1v) is 11.0. The van der Waals surface area contributed by atoms with Crippen LogP contribution >= 0.6 is 28.1 Å². The third-order valence-electron chi connectivity index (χ3n) is 4.75. The highest BCUT2D eigenvalue weighted by Gasteiger charge is 2.22. The van der Waals surface area contributed by atoms with E-state index in [9.17, 15) is 0 Å². The largest absolute Gasteiger partial charge is 0.490 e. The summed E-state index contributed by atoms with van der Waals surface area (Å²) in [4.78, 5) is 5.63. The van der Waals surface area contributed by atoms with Crippen molar-refractivity contribution in [3.05, 3.63) is 58.1 Å². The molecule has 1 heterocycles. The molecule has 2 aromatic carbocycles. The van der Waals surface area contributed by atoms with Gasteiger partial charge >= 0.3 is 0 Å². The molecule has 4 nitrogen and oxygen atoms in total. The molecule has 0 bridgehead atoms. The van der Waals surface area contributed by atoms with Crippen LogP contribution in [0.4, 0.5) is 0 Å². The molecule has 28 heavy (non-hydrogen) atoms. The Morgan fingerprint density at radius 1 is 1.00 bits per heavy atom. The van der Waals surface area contributed by atoms with E-state index in [4.69, 9.17) is 21.7 Å². The molecule has 2 aromatic rings. The van der Waals surface area contributed by atoms with Gasteiger partial charge in [0.25, 0.3) is 0 Å². The van der Waals surface area contributed by atoms with Crippen molar-refractivity contribution >= 4 is 33.1 Å². The molecule has 0 aliphatic carbocycles. The summed E-state index contributed by atoms with van der Waals surface area (Å²) in [5.41, 5.74) is 2.35. The van der Waals surface area contributed by atoms with Gasteiger partial charge < -0.3 is 14.4 Å². The predicted molar refractivity (Wildman–Crippen MR) is 121 cm³/mol. The molecule has 0 radical (unpaired) electrons. The summed E-state index contributed by atoms with van der Waals surface area (Å²) < 4.78 is 12.4. The SMILES string of the molecule is CCOc1cc(C(=S)N2CCN(Cc3ccccc3)CC2)cc(Br)c1OCC. The fourth-order valence-corrected chi connectivity index (χ4v) is 4.23. The minimum atomic E-state index is 0.584. The quantitative estimate of drug-likeness (QED) is 0.553. The molecule has 0 amide bonds. The molecule has 0 unspecified atom stereocenters. The normalized spacial score (nSPS) is 14.8. The van der Waals surface area contributed by atoms with Crippen LogP contribution < -0.4 is 9.47 Å². The maximum atomic E-state index is 5.81. The van der Waals surface area contributed by atoms with E-state index in [0.29, 0.717) is 13.2 Å². The zero-order valence-corrected chi connectivity index (χ0v) is 18.9. The first-order valence-electron chi connectivity index (χ1n) is 9.77. The van der Waals surface area contributed by atoms with E-state index < -0.39 is 0 Å². The first kappa shape index (κ1) is 21.1. The van der Waals surface area contributed by atoms with E-state index in [-0.39, 0.29) is 0 Å². The van der Waals surface area contributed by atoms with Crippen molar-refractivity contribution in [2.24, 2.45) is 0 Å². The molecule has 0 N–H and O–H groups in total. The highest BCUT2D eigenvalue weighted by molar-refractivity contribution is 9.10. The molecule has 1 aliphatic rings. The highest BCUT2D eigenvalue weighted by Crippen LogP contribution is 2.37. The van der Waals surface area contributed by atoms with Crippen molar-refractivity contribution in [1.82, 2.24) is 9.80 Å². The van der Waals surface area contributed by atoms with E-state index in [1.54, 1.807) is 0 Å². The van der Waals surface area contributed by atoms with Gasteiger partial charge in [0.1, 0.15) is 4.99 Å². The third-order valence-corrected chi connectivity index (χ3v) is 5.84. The molecular weight excluding hydrogens is 436 g/mol. The van der Waals surface area contributed by atoms with Crippen LogP contribution in [-0.4, -0.2) is 54.2 Å². The Kier molecular flexibility index (Phi) is 7.71. The fraction of sp³-hybridized carbons (Fsp3) is 0.409. The second-order valence-corrected chi connectivity index (χ2v) is 7.95.